The summed E-state index contributed by atoms with van der Waals surface area (Å²) in [4.78, 5) is 18.9. The van der Waals surface area contributed by atoms with Crippen LogP contribution in [-0.2, 0) is 11.3 Å². The van der Waals surface area contributed by atoms with E-state index in [-0.39, 0.29) is 29.6 Å². The van der Waals surface area contributed by atoms with Gasteiger partial charge in [0, 0.05) is 18.9 Å². The van der Waals surface area contributed by atoms with E-state index in [1.807, 2.05) is 25.0 Å². The van der Waals surface area contributed by atoms with Gasteiger partial charge in [-0.05, 0) is 65.9 Å². The normalized spacial score (nSPS) is 19.7. The van der Waals surface area contributed by atoms with Gasteiger partial charge in [-0.2, -0.15) is 0 Å². The molecule has 0 aliphatic carbocycles. The first-order chi connectivity index (χ1) is 12.1. The van der Waals surface area contributed by atoms with Gasteiger partial charge >= 0.3 is 5.97 Å². The first-order valence-electron chi connectivity index (χ1n) is 9.84. The molecule has 1 saturated heterocycles. The lowest BCUT2D eigenvalue weighted by atomic mass is 9.82. The van der Waals surface area contributed by atoms with Crippen molar-refractivity contribution in [3.05, 3.63) is 23.2 Å². The molecule has 148 valence electrons. The molecule has 26 heavy (non-hydrogen) atoms. The summed E-state index contributed by atoms with van der Waals surface area (Å²) in [5, 5.41) is 10.8. The van der Waals surface area contributed by atoms with Crippen LogP contribution in [0.3, 0.4) is 0 Å². The third-order valence-corrected chi connectivity index (χ3v) is 5.24. The van der Waals surface area contributed by atoms with Crippen molar-refractivity contribution in [3.8, 4) is 0 Å². The molecule has 0 bridgehead atoms. The number of carbonyl (C=O) groups is 1. The number of furan rings is 1. The molecule has 2 rings (SSSR count). The molecule has 1 fully saturated rings. The number of hydroxylamine groups is 2. The van der Waals surface area contributed by atoms with Crippen LogP contribution in [0.15, 0.2) is 10.5 Å². The quantitative estimate of drug-likeness (QED) is 0.701. The van der Waals surface area contributed by atoms with E-state index in [2.05, 4.69) is 27.7 Å². The largest absolute Gasteiger partial charge is 0.465 e. The molecule has 2 heterocycles. The number of aliphatic hydroxyl groups excluding tert-OH is 1. The minimum atomic E-state index is -0.339. The summed E-state index contributed by atoms with van der Waals surface area (Å²) < 4.78 is 5.94. The Morgan fingerprint density at radius 2 is 1.85 bits per heavy atom. The van der Waals surface area contributed by atoms with Gasteiger partial charge in [0.05, 0.1) is 11.1 Å². The Bertz CT molecular complexity index is 600. The highest BCUT2D eigenvalue weighted by Gasteiger charge is 2.44. The molecule has 0 spiro atoms. The van der Waals surface area contributed by atoms with Crippen LogP contribution in [0.25, 0.3) is 0 Å². The summed E-state index contributed by atoms with van der Waals surface area (Å²) >= 11 is 0. The molecule has 1 aromatic rings. The molecule has 1 aliphatic rings. The number of hydrogen-bond donors (Lipinski definition) is 1. The average molecular weight is 366 g/mol. The smallest absolute Gasteiger partial charge is 0.360 e. The number of hydrogen-bond acceptors (Lipinski definition) is 5. The summed E-state index contributed by atoms with van der Waals surface area (Å²) in [6, 6.07) is 1.82. The van der Waals surface area contributed by atoms with Gasteiger partial charge in [-0.25, -0.2) is 4.79 Å². The molecular formula is C21H35NO4. The Hall–Kier alpha value is -1.33. The maximum absolute atomic E-state index is 13.0. The lowest BCUT2D eigenvalue weighted by molar-refractivity contribution is -0.240. The van der Waals surface area contributed by atoms with Crippen molar-refractivity contribution >= 4 is 5.97 Å². The Morgan fingerprint density at radius 3 is 2.38 bits per heavy atom. The highest BCUT2D eigenvalue weighted by Crippen LogP contribution is 2.39. The van der Waals surface area contributed by atoms with E-state index in [9.17, 15) is 4.79 Å². The van der Waals surface area contributed by atoms with E-state index < -0.39 is 0 Å². The van der Waals surface area contributed by atoms with Crippen molar-refractivity contribution in [1.29, 1.82) is 0 Å². The second-order valence-electron chi connectivity index (χ2n) is 8.98. The van der Waals surface area contributed by atoms with Crippen molar-refractivity contribution in [3.63, 3.8) is 0 Å². The molecule has 0 atom stereocenters. The Morgan fingerprint density at radius 1 is 1.23 bits per heavy atom. The van der Waals surface area contributed by atoms with Gasteiger partial charge in [-0.15, -0.1) is 5.06 Å². The average Bonchev–Trinajstić information content (AvgIpc) is 2.95. The van der Waals surface area contributed by atoms with E-state index in [0.717, 1.165) is 37.9 Å². The zero-order chi connectivity index (χ0) is 19.5. The fourth-order valence-corrected chi connectivity index (χ4v) is 3.94. The number of nitrogens with zero attached hydrogens (tertiary/aromatic N) is 1. The summed E-state index contributed by atoms with van der Waals surface area (Å²) in [7, 11) is 0. The van der Waals surface area contributed by atoms with Crippen LogP contribution in [0.1, 0.15) is 101 Å². The predicted molar refractivity (Wildman–Crippen MR) is 102 cm³/mol. The van der Waals surface area contributed by atoms with E-state index >= 15 is 0 Å². The van der Waals surface area contributed by atoms with Crippen molar-refractivity contribution in [2.24, 2.45) is 0 Å². The van der Waals surface area contributed by atoms with Crippen LogP contribution in [0.4, 0.5) is 0 Å². The number of piperidine rings is 1. The monoisotopic (exact) mass is 365 g/mol. The number of aliphatic hydroxyl groups is 1. The second-order valence-corrected chi connectivity index (χ2v) is 8.98. The molecule has 1 aromatic heterocycles. The van der Waals surface area contributed by atoms with Gasteiger partial charge in [-0.3, -0.25) is 0 Å². The SMILES string of the molecule is CC(C)c1oc(CCCCO)cc1C(=O)ON1C(C)(C)CCCC1(C)C. The van der Waals surface area contributed by atoms with Crippen LogP contribution in [0.2, 0.25) is 0 Å². The molecule has 5 heteroatoms. The predicted octanol–water partition coefficient (Wildman–Crippen LogP) is 4.83. The van der Waals surface area contributed by atoms with Crippen LogP contribution in [0.5, 0.6) is 0 Å². The first-order valence-corrected chi connectivity index (χ1v) is 9.84. The molecular weight excluding hydrogens is 330 g/mol. The third kappa shape index (κ3) is 4.68. The number of carbonyl (C=O) groups excluding carboxylic acids is 1. The van der Waals surface area contributed by atoms with Gasteiger partial charge in [-0.1, -0.05) is 13.8 Å². The van der Waals surface area contributed by atoms with Crippen molar-refractivity contribution < 1.29 is 19.2 Å². The standard InChI is InChI=1S/C21H35NO4/c1-15(2)18-17(14-16(25-18)10-7-8-13-23)19(24)26-22-20(3,4)11-9-12-21(22,5)6/h14-15,23H,7-13H2,1-6H3. The molecule has 0 aromatic carbocycles. The van der Waals surface area contributed by atoms with Gasteiger partial charge < -0.3 is 14.4 Å². The molecule has 0 saturated carbocycles. The van der Waals surface area contributed by atoms with E-state index in [4.69, 9.17) is 14.4 Å². The van der Waals surface area contributed by atoms with Gasteiger partial charge in [0.25, 0.3) is 0 Å². The fourth-order valence-electron chi connectivity index (χ4n) is 3.94. The number of rotatable bonds is 7. The Labute approximate surface area is 157 Å². The second kappa shape index (κ2) is 8.13. The number of aryl methyl sites for hydroxylation is 1. The minimum absolute atomic E-state index is 0.103. The molecule has 0 radical (unpaired) electrons. The number of unbranched alkanes of at least 4 members (excludes halogenated alkanes) is 1. The maximum Gasteiger partial charge on any atom is 0.360 e. The highest BCUT2D eigenvalue weighted by atomic mass is 16.7. The lowest BCUT2D eigenvalue weighted by Gasteiger charge is -2.50. The summed E-state index contributed by atoms with van der Waals surface area (Å²) in [5.74, 6) is 1.23. The van der Waals surface area contributed by atoms with Crippen LogP contribution >= 0.6 is 0 Å². The van der Waals surface area contributed by atoms with Gasteiger partial charge in [0.15, 0.2) is 0 Å². The van der Waals surface area contributed by atoms with E-state index in [0.29, 0.717) is 17.7 Å². The minimum Gasteiger partial charge on any atom is -0.465 e. The zero-order valence-electron chi connectivity index (χ0n) is 17.2. The fraction of sp³-hybridized carbons (Fsp3) is 0.762. The Balaban J connectivity index is 2.22. The Kier molecular flexibility index (Phi) is 6.56. The van der Waals surface area contributed by atoms with Gasteiger partial charge in [0.1, 0.15) is 17.1 Å². The molecule has 1 N–H and O–H groups in total. The molecule has 5 nitrogen and oxygen atoms in total. The highest BCUT2D eigenvalue weighted by molar-refractivity contribution is 5.90. The lowest BCUT2D eigenvalue weighted by Crippen LogP contribution is -2.58. The van der Waals surface area contributed by atoms with Gasteiger partial charge in [0.2, 0.25) is 0 Å². The summed E-state index contributed by atoms with van der Waals surface area (Å²) in [6.07, 6.45) is 5.41. The van der Waals surface area contributed by atoms with Crippen molar-refractivity contribution in [2.45, 2.75) is 97.1 Å². The van der Waals surface area contributed by atoms with Crippen LogP contribution in [-0.4, -0.2) is 33.8 Å². The first kappa shape index (κ1) is 21.0. The molecule has 0 amide bonds. The van der Waals surface area contributed by atoms with Crippen LogP contribution < -0.4 is 0 Å². The van der Waals surface area contributed by atoms with Crippen molar-refractivity contribution in [2.75, 3.05) is 6.61 Å². The zero-order valence-corrected chi connectivity index (χ0v) is 17.2. The van der Waals surface area contributed by atoms with E-state index in [1.54, 1.807) is 0 Å². The summed E-state index contributed by atoms with van der Waals surface area (Å²) in [6.45, 7) is 12.7. The maximum atomic E-state index is 13.0. The van der Waals surface area contributed by atoms with Crippen LogP contribution in [0, 0.1) is 0 Å². The summed E-state index contributed by atoms with van der Waals surface area (Å²) in [5.41, 5.74) is 0.141. The molecule has 1 aliphatic heterocycles. The topological polar surface area (TPSA) is 62.9 Å². The third-order valence-electron chi connectivity index (χ3n) is 5.24. The van der Waals surface area contributed by atoms with Crippen molar-refractivity contribution in [1.82, 2.24) is 5.06 Å². The molecule has 0 unspecified atom stereocenters. The van der Waals surface area contributed by atoms with E-state index in [1.165, 1.54) is 0 Å².